The number of aliphatic carboxylic acids is 1. The van der Waals surface area contributed by atoms with Crippen LogP contribution in [0.2, 0.25) is 0 Å². The third kappa shape index (κ3) is 4.12. The molecular formula is C30H31NO7. The summed E-state index contributed by atoms with van der Waals surface area (Å²) in [5, 5.41) is 19.8. The van der Waals surface area contributed by atoms with E-state index in [1.807, 2.05) is 6.08 Å². The number of hydrogen-bond donors (Lipinski definition) is 2. The largest absolute Gasteiger partial charge is 0.507 e. The Labute approximate surface area is 220 Å². The molecule has 0 saturated carbocycles. The first-order valence-corrected chi connectivity index (χ1v) is 13.2. The molecule has 1 heterocycles. The first kappa shape index (κ1) is 25.8. The molecule has 1 fully saturated rings. The monoisotopic (exact) mass is 517 g/mol. The zero-order chi connectivity index (χ0) is 27.3. The maximum atomic E-state index is 13.7. The highest BCUT2D eigenvalue weighted by molar-refractivity contribution is 6.23. The molecule has 0 spiro atoms. The van der Waals surface area contributed by atoms with Crippen molar-refractivity contribution in [2.24, 2.45) is 17.8 Å². The van der Waals surface area contributed by atoms with Crippen LogP contribution in [0, 0.1) is 24.7 Å². The fourth-order valence-corrected chi connectivity index (χ4v) is 6.66. The molecule has 4 aliphatic rings. The number of imide groups is 1. The van der Waals surface area contributed by atoms with Crippen molar-refractivity contribution in [1.29, 1.82) is 0 Å². The molecule has 5 rings (SSSR count). The van der Waals surface area contributed by atoms with Gasteiger partial charge >= 0.3 is 5.97 Å². The summed E-state index contributed by atoms with van der Waals surface area (Å²) in [6.07, 6.45) is 5.49. The van der Waals surface area contributed by atoms with Crippen molar-refractivity contribution in [2.45, 2.75) is 58.3 Å². The smallest absolute Gasteiger partial charge is 0.303 e. The number of amides is 2. The molecule has 0 aromatic heterocycles. The van der Waals surface area contributed by atoms with Crippen LogP contribution in [0.3, 0.4) is 0 Å². The Morgan fingerprint density at radius 2 is 1.79 bits per heavy atom. The molecule has 1 saturated heterocycles. The van der Waals surface area contributed by atoms with E-state index in [1.54, 1.807) is 32.0 Å². The topological polar surface area (TPSA) is 129 Å². The molecule has 3 aliphatic carbocycles. The molecular weight excluding hydrogens is 486 g/mol. The number of unbranched alkanes of at least 4 members (excludes halogenated alkanes) is 2. The number of likely N-dealkylation sites (tertiary alicyclic amines) is 1. The quantitative estimate of drug-likeness (QED) is 0.244. The van der Waals surface area contributed by atoms with Gasteiger partial charge in [-0.2, -0.15) is 0 Å². The van der Waals surface area contributed by atoms with Gasteiger partial charge in [-0.3, -0.25) is 28.9 Å². The molecule has 2 amide bonds. The van der Waals surface area contributed by atoms with E-state index in [-0.39, 0.29) is 48.5 Å². The van der Waals surface area contributed by atoms with Crippen LogP contribution in [-0.2, 0) is 24.0 Å². The van der Waals surface area contributed by atoms with E-state index in [4.69, 9.17) is 5.11 Å². The lowest BCUT2D eigenvalue weighted by Gasteiger charge is -2.42. The predicted molar refractivity (Wildman–Crippen MR) is 137 cm³/mol. The number of ketones is 2. The summed E-state index contributed by atoms with van der Waals surface area (Å²) >= 11 is 0. The highest BCUT2D eigenvalue weighted by Gasteiger charge is 2.56. The number of aryl methyl sites for hydroxylation is 1. The number of phenolic OH excluding ortho intramolecular Hbond substituents is 1. The van der Waals surface area contributed by atoms with E-state index in [1.165, 1.54) is 11.0 Å². The number of nitrogens with zero attached hydrogens (tertiary/aromatic N) is 1. The summed E-state index contributed by atoms with van der Waals surface area (Å²) in [6, 6.07) is 5.32. The minimum atomic E-state index is -0.871. The Hall–Kier alpha value is -3.81. The molecule has 1 aliphatic heterocycles. The second kappa shape index (κ2) is 9.82. The van der Waals surface area contributed by atoms with Gasteiger partial charge in [-0.05, 0) is 57.1 Å². The minimum Gasteiger partial charge on any atom is -0.507 e. The average Bonchev–Trinajstić information content (AvgIpc) is 3.12. The summed E-state index contributed by atoms with van der Waals surface area (Å²) in [4.78, 5) is 65.6. The van der Waals surface area contributed by atoms with Crippen LogP contribution in [0.25, 0.3) is 0 Å². The van der Waals surface area contributed by atoms with Crippen LogP contribution in [0.1, 0.15) is 62.5 Å². The number of carbonyl (C=O) groups is 5. The molecule has 8 heteroatoms. The maximum Gasteiger partial charge on any atom is 0.303 e. The Kier molecular flexibility index (Phi) is 6.67. The minimum absolute atomic E-state index is 0.0494. The first-order chi connectivity index (χ1) is 18.1. The Bertz CT molecular complexity index is 1360. The molecule has 0 unspecified atom stereocenters. The summed E-state index contributed by atoms with van der Waals surface area (Å²) in [5.41, 5.74) is 3.05. The fourth-order valence-electron chi connectivity index (χ4n) is 6.66. The molecule has 1 aromatic carbocycles. The fraction of sp³-hybridized carbons (Fsp3) is 0.433. The second-order valence-corrected chi connectivity index (χ2v) is 10.8. The van der Waals surface area contributed by atoms with Crippen LogP contribution in [0.5, 0.6) is 5.75 Å². The van der Waals surface area contributed by atoms with Crippen LogP contribution in [0.4, 0.5) is 0 Å². The van der Waals surface area contributed by atoms with Crippen molar-refractivity contribution in [3.05, 3.63) is 63.8 Å². The van der Waals surface area contributed by atoms with Crippen molar-refractivity contribution < 1.29 is 34.2 Å². The van der Waals surface area contributed by atoms with Gasteiger partial charge in [0.05, 0.1) is 11.8 Å². The van der Waals surface area contributed by atoms with Crippen molar-refractivity contribution in [2.75, 3.05) is 6.54 Å². The number of phenols is 1. The number of rotatable bonds is 7. The number of aromatic hydroxyl groups is 1. The normalized spacial score (nSPS) is 26.6. The van der Waals surface area contributed by atoms with E-state index in [2.05, 4.69) is 0 Å². The molecule has 0 radical (unpaired) electrons. The number of Topliss-reactive ketones (excluding diaryl/α,β-unsaturated/α-hetero) is 1. The standard InChI is InChI=1S/C30H31NO7/c1-15-7-6-8-18(27(15)35)24-17-10-11-19-25(20(17)14-21-26(24)22(32)13-16(2)28(21)36)30(38)31(29(19)37)12-5-3-4-9-23(33)34/h6-8,10,13,19-20,24-25,35H,3-5,9,11-12,14H2,1-2H3,(H,33,34)/t19-,20+,24+,25-/m0/s1. The molecule has 0 bridgehead atoms. The zero-order valence-electron chi connectivity index (χ0n) is 21.5. The highest BCUT2D eigenvalue weighted by Crippen LogP contribution is 2.56. The number of carboxylic acid groups (broad SMARTS) is 1. The number of carbonyl (C=O) groups excluding carboxylic acids is 4. The van der Waals surface area contributed by atoms with Gasteiger partial charge in [-0.25, -0.2) is 0 Å². The Balaban J connectivity index is 1.51. The molecule has 1 aromatic rings. The summed E-state index contributed by atoms with van der Waals surface area (Å²) in [6.45, 7) is 3.61. The number of fused-ring (bicyclic) bond motifs is 3. The number of para-hydroxylation sites is 1. The van der Waals surface area contributed by atoms with Gasteiger partial charge in [0.2, 0.25) is 11.8 Å². The van der Waals surface area contributed by atoms with E-state index >= 15 is 0 Å². The van der Waals surface area contributed by atoms with Gasteiger partial charge in [-0.1, -0.05) is 36.3 Å². The zero-order valence-corrected chi connectivity index (χ0v) is 21.5. The van der Waals surface area contributed by atoms with Gasteiger partial charge in [0.15, 0.2) is 11.6 Å². The Morgan fingerprint density at radius 3 is 2.53 bits per heavy atom. The number of allylic oxidation sites excluding steroid dienone is 6. The van der Waals surface area contributed by atoms with Crippen LogP contribution < -0.4 is 0 Å². The number of carboxylic acids is 1. The predicted octanol–water partition coefficient (Wildman–Crippen LogP) is 3.78. The highest BCUT2D eigenvalue weighted by atomic mass is 16.4. The third-order valence-electron chi connectivity index (χ3n) is 8.51. The molecule has 8 nitrogen and oxygen atoms in total. The van der Waals surface area contributed by atoms with E-state index in [0.717, 1.165) is 5.57 Å². The van der Waals surface area contributed by atoms with Gasteiger partial charge < -0.3 is 10.2 Å². The summed E-state index contributed by atoms with van der Waals surface area (Å²) < 4.78 is 0. The Morgan fingerprint density at radius 1 is 1.03 bits per heavy atom. The number of benzene rings is 1. The summed E-state index contributed by atoms with van der Waals surface area (Å²) in [7, 11) is 0. The van der Waals surface area contributed by atoms with E-state index in [9.17, 15) is 29.1 Å². The third-order valence-corrected chi connectivity index (χ3v) is 8.51. The van der Waals surface area contributed by atoms with Crippen molar-refractivity contribution >= 4 is 29.4 Å². The lowest BCUT2D eigenvalue weighted by Crippen LogP contribution is -2.39. The maximum absolute atomic E-state index is 13.7. The average molecular weight is 518 g/mol. The van der Waals surface area contributed by atoms with Gasteiger partial charge in [0.25, 0.3) is 0 Å². The SMILES string of the molecule is CC1=CC(=O)C2=C(C[C@@H]3C(=CC[C@@H]4C(=O)N(CCCCCC(=O)O)C(=O)[C@@H]43)[C@@H]2c2cccc(C)c2O)C1=O. The second-order valence-electron chi connectivity index (χ2n) is 10.8. The summed E-state index contributed by atoms with van der Waals surface area (Å²) in [5.74, 6) is -4.09. The lowest BCUT2D eigenvalue weighted by atomic mass is 9.59. The van der Waals surface area contributed by atoms with E-state index < -0.39 is 29.6 Å². The molecule has 198 valence electrons. The molecule has 4 atom stereocenters. The van der Waals surface area contributed by atoms with E-state index in [0.29, 0.717) is 53.5 Å². The van der Waals surface area contributed by atoms with Gasteiger partial charge in [0, 0.05) is 41.2 Å². The number of hydrogen-bond acceptors (Lipinski definition) is 6. The van der Waals surface area contributed by atoms with Crippen LogP contribution in [-0.4, -0.2) is 51.0 Å². The van der Waals surface area contributed by atoms with Crippen LogP contribution >= 0.6 is 0 Å². The van der Waals surface area contributed by atoms with Crippen molar-refractivity contribution in [1.82, 2.24) is 4.90 Å². The van der Waals surface area contributed by atoms with Crippen molar-refractivity contribution in [3.8, 4) is 5.75 Å². The molecule has 2 N–H and O–H groups in total. The first-order valence-electron chi connectivity index (χ1n) is 13.2. The lowest BCUT2D eigenvalue weighted by molar-refractivity contribution is -0.141. The van der Waals surface area contributed by atoms with Gasteiger partial charge in [0.1, 0.15) is 5.75 Å². The van der Waals surface area contributed by atoms with Crippen LogP contribution in [0.15, 0.2) is 52.6 Å². The van der Waals surface area contributed by atoms with Crippen molar-refractivity contribution in [3.63, 3.8) is 0 Å². The molecule has 38 heavy (non-hydrogen) atoms. The van der Waals surface area contributed by atoms with Gasteiger partial charge in [-0.15, -0.1) is 0 Å².